The molecule has 1 aromatic carbocycles. The molecular weight excluding hydrogens is 434 g/mol. The number of halogens is 1. The fourth-order valence-electron chi connectivity index (χ4n) is 3.58. The largest absolute Gasteiger partial charge is 0.378 e. The molecule has 0 atom stereocenters. The predicted molar refractivity (Wildman–Crippen MR) is 124 cm³/mol. The highest BCUT2D eigenvalue weighted by atomic mass is 35.5. The molecule has 0 aliphatic rings. The average Bonchev–Trinajstić information content (AvgIpc) is 3.13. The number of hydrogen-bond acceptors (Lipinski definition) is 5. The first kappa shape index (κ1) is 23.2. The molecule has 0 spiro atoms. The quantitative estimate of drug-likeness (QED) is 0.505. The molecular formula is C23H26ClN3O3S. The number of carbonyl (C=O) groups excluding carboxylic acids is 1. The average molecular weight is 460 g/mol. The topological polar surface area (TPSA) is 64.4 Å². The van der Waals surface area contributed by atoms with Crippen LogP contribution in [0.4, 0.5) is 0 Å². The zero-order valence-corrected chi connectivity index (χ0v) is 19.7. The molecule has 164 valence electrons. The van der Waals surface area contributed by atoms with Crippen LogP contribution in [0, 0.1) is 13.8 Å². The van der Waals surface area contributed by atoms with E-state index in [1.165, 1.54) is 22.3 Å². The molecule has 0 N–H and O–H groups in total. The number of rotatable bonds is 8. The number of hydrogen-bond donors (Lipinski definition) is 0. The third-order valence-corrected chi connectivity index (χ3v) is 6.29. The van der Waals surface area contributed by atoms with Crippen molar-refractivity contribution >= 4 is 28.8 Å². The lowest BCUT2D eigenvalue weighted by Crippen LogP contribution is -2.34. The maximum absolute atomic E-state index is 13.3. The van der Waals surface area contributed by atoms with Crippen LogP contribution in [-0.4, -0.2) is 34.5 Å². The SMILES string of the molecule is COCc1c(C(=O)N(C)Cc2csc(C)n2)c(=O)cc(C)n1CCc1ccccc1Cl. The summed E-state index contributed by atoms with van der Waals surface area (Å²) in [5.41, 5.74) is 3.00. The molecule has 31 heavy (non-hydrogen) atoms. The third kappa shape index (κ3) is 5.42. The van der Waals surface area contributed by atoms with Crippen LogP contribution < -0.4 is 5.43 Å². The van der Waals surface area contributed by atoms with E-state index in [9.17, 15) is 9.59 Å². The first-order chi connectivity index (χ1) is 14.8. The fraction of sp³-hybridized carbons (Fsp3) is 0.348. The van der Waals surface area contributed by atoms with Crippen LogP contribution in [0.5, 0.6) is 0 Å². The monoisotopic (exact) mass is 459 g/mol. The van der Waals surface area contributed by atoms with Crippen molar-refractivity contribution in [3.63, 3.8) is 0 Å². The number of nitrogens with zero attached hydrogens (tertiary/aromatic N) is 3. The fourth-order valence-corrected chi connectivity index (χ4v) is 4.41. The van der Waals surface area contributed by atoms with Crippen LogP contribution in [0.1, 0.15) is 38.0 Å². The lowest BCUT2D eigenvalue weighted by atomic mass is 10.1. The van der Waals surface area contributed by atoms with Crippen molar-refractivity contribution in [2.45, 2.75) is 40.0 Å². The van der Waals surface area contributed by atoms with E-state index in [1.807, 2.05) is 48.1 Å². The van der Waals surface area contributed by atoms with Gasteiger partial charge in [-0.2, -0.15) is 0 Å². The predicted octanol–water partition coefficient (Wildman–Crippen LogP) is 4.24. The second kappa shape index (κ2) is 10.2. The Morgan fingerprint density at radius 3 is 2.68 bits per heavy atom. The minimum Gasteiger partial charge on any atom is -0.378 e. The van der Waals surface area contributed by atoms with Crippen LogP contribution >= 0.6 is 22.9 Å². The summed E-state index contributed by atoms with van der Waals surface area (Å²) >= 11 is 7.84. The first-order valence-corrected chi connectivity index (χ1v) is 11.2. The summed E-state index contributed by atoms with van der Waals surface area (Å²) in [5.74, 6) is -0.339. The molecule has 0 unspecified atom stereocenters. The van der Waals surface area contributed by atoms with Crippen LogP contribution in [0.15, 0.2) is 40.5 Å². The Hall–Kier alpha value is -2.48. The van der Waals surface area contributed by atoms with Crippen LogP contribution in [0.2, 0.25) is 5.02 Å². The van der Waals surface area contributed by atoms with E-state index in [0.29, 0.717) is 30.2 Å². The zero-order valence-electron chi connectivity index (χ0n) is 18.1. The lowest BCUT2D eigenvalue weighted by Gasteiger charge is -2.22. The van der Waals surface area contributed by atoms with E-state index in [0.717, 1.165) is 22.0 Å². The summed E-state index contributed by atoms with van der Waals surface area (Å²) in [7, 11) is 3.24. The van der Waals surface area contributed by atoms with Gasteiger partial charge in [-0.3, -0.25) is 9.59 Å². The van der Waals surface area contributed by atoms with Gasteiger partial charge >= 0.3 is 0 Å². The standard InChI is InChI=1S/C23H26ClN3O3S/c1-15-11-21(28)22(23(29)26(3)12-18-14-31-16(2)25-18)20(13-30-4)27(15)10-9-17-7-5-6-8-19(17)24/h5-8,11,14H,9-10,12-13H2,1-4H3. The molecule has 0 aliphatic carbocycles. The van der Waals surface area contributed by atoms with Crippen molar-refractivity contribution in [3.8, 4) is 0 Å². The molecule has 6 nitrogen and oxygen atoms in total. The van der Waals surface area contributed by atoms with Crippen molar-refractivity contribution in [3.05, 3.63) is 84.2 Å². The number of benzene rings is 1. The molecule has 0 radical (unpaired) electrons. The summed E-state index contributed by atoms with van der Waals surface area (Å²) in [6.07, 6.45) is 0.668. The Morgan fingerprint density at radius 1 is 1.29 bits per heavy atom. The van der Waals surface area contributed by atoms with E-state index in [4.69, 9.17) is 16.3 Å². The molecule has 0 bridgehead atoms. The van der Waals surface area contributed by atoms with Gasteiger partial charge < -0.3 is 14.2 Å². The first-order valence-electron chi connectivity index (χ1n) is 9.94. The van der Waals surface area contributed by atoms with E-state index in [1.54, 1.807) is 14.2 Å². The molecule has 3 aromatic rings. The molecule has 2 aromatic heterocycles. The third-order valence-electron chi connectivity index (χ3n) is 5.10. The second-order valence-electron chi connectivity index (χ2n) is 7.42. The van der Waals surface area contributed by atoms with Gasteiger partial charge in [0, 0.05) is 42.9 Å². The minimum absolute atomic E-state index is 0.140. The van der Waals surface area contributed by atoms with Gasteiger partial charge in [-0.25, -0.2) is 4.98 Å². The number of pyridine rings is 1. The number of methoxy groups -OCH3 is 1. The molecule has 8 heteroatoms. The Bertz CT molecular complexity index is 1140. The number of ether oxygens (including phenoxy) is 1. The van der Waals surface area contributed by atoms with Crippen molar-refractivity contribution in [1.29, 1.82) is 0 Å². The smallest absolute Gasteiger partial charge is 0.259 e. The Balaban J connectivity index is 1.95. The zero-order chi connectivity index (χ0) is 22.5. The van der Waals surface area contributed by atoms with Gasteiger partial charge in [0.2, 0.25) is 0 Å². The lowest BCUT2D eigenvalue weighted by molar-refractivity contribution is 0.0774. The van der Waals surface area contributed by atoms with Crippen molar-refractivity contribution in [1.82, 2.24) is 14.5 Å². The van der Waals surface area contributed by atoms with Crippen molar-refractivity contribution in [2.24, 2.45) is 0 Å². The normalized spacial score (nSPS) is 11.0. The number of thiazole rings is 1. The summed E-state index contributed by atoms with van der Waals surface area (Å²) in [4.78, 5) is 32.1. The van der Waals surface area contributed by atoms with Gasteiger partial charge in [-0.1, -0.05) is 29.8 Å². The minimum atomic E-state index is -0.339. The van der Waals surface area contributed by atoms with E-state index in [2.05, 4.69) is 4.98 Å². The summed E-state index contributed by atoms with van der Waals surface area (Å²) in [6.45, 7) is 4.85. The number of amides is 1. The van der Waals surface area contributed by atoms with Crippen molar-refractivity contribution in [2.75, 3.05) is 14.2 Å². The van der Waals surface area contributed by atoms with Gasteiger partial charge in [-0.05, 0) is 31.9 Å². The maximum Gasteiger partial charge on any atom is 0.259 e. The number of aromatic nitrogens is 2. The molecule has 0 saturated carbocycles. The summed E-state index contributed by atoms with van der Waals surface area (Å²) in [6, 6.07) is 9.18. The van der Waals surface area contributed by atoms with Gasteiger partial charge in [0.1, 0.15) is 5.56 Å². The number of aryl methyl sites for hydroxylation is 3. The molecule has 0 fully saturated rings. The van der Waals surface area contributed by atoms with Gasteiger partial charge in [-0.15, -0.1) is 11.3 Å². The Labute approximate surface area is 191 Å². The Morgan fingerprint density at radius 2 is 2.03 bits per heavy atom. The molecule has 3 rings (SSSR count). The summed E-state index contributed by atoms with van der Waals surface area (Å²) in [5, 5.41) is 3.56. The van der Waals surface area contributed by atoms with Gasteiger partial charge in [0.15, 0.2) is 5.43 Å². The molecule has 0 aliphatic heterocycles. The highest BCUT2D eigenvalue weighted by molar-refractivity contribution is 7.09. The van der Waals surface area contributed by atoms with Crippen LogP contribution in [-0.2, 0) is 30.9 Å². The van der Waals surface area contributed by atoms with E-state index in [-0.39, 0.29) is 23.5 Å². The second-order valence-corrected chi connectivity index (χ2v) is 8.89. The molecule has 1 amide bonds. The van der Waals surface area contributed by atoms with E-state index >= 15 is 0 Å². The Kier molecular flexibility index (Phi) is 7.64. The molecule has 0 saturated heterocycles. The van der Waals surface area contributed by atoms with Gasteiger partial charge in [0.05, 0.1) is 29.5 Å². The summed E-state index contributed by atoms with van der Waals surface area (Å²) < 4.78 is 7.35. The highest BCUT2D eigenvalue weighted by Gasteiger charge is 2.23. The number of carbonyl (C=O) groups is 1. The van der Waals surface area contributed by atoms with Gasteiger partial charge in [0.25, 0.3) is 5.91 Å². The highest BCUT2D eigenvalue weighted by Crippen LogP contribution is 2.19. The van der Waals surface area contributed by atoms with E-state index < -0.39 is 0 Å². The molecule has 2 heterocycles. The van der Waals surface area contributed by atoms with Crippen LogP contribution in [0.25, 0.3) is 0 Å². The maximum atomic E-state index is 13.3. The van der Waals surface area contributed by atoms with Crippen LogP contribution in [0.3, 0.4) is 0 Å². The van der Waals surface area contributed by atoms with Crippen molar-refractivity contribution < 1.29 is 9.53 Å².